The zero-order chi connectivity index (χ0) is 22.0. The van der Waals surface area contributed by atoms with E-state index in [4.69, 9.17) is 16.9 Å². The molecule has 0 spiro atoms. The zero-order valence-electron chi connectivity index (χ0n) is 14.4. The molecule has 3 heterocycles. The molecule has 3 aromatic rings. The van der Waals surface area contributed by atoms with Crippen molar-refractivity contribution in [3.8, 4) is 6.07 Å². The van der Waals surface area contributed by atoms with E-state index in [-0.39, 0.29) is 39.3 Å². The number of hydrogen-bond donors (Lipinski definition) is 0. The van der Waals surface area contributed by atoms with E-state index in [1.165, 1.54) is 0 Å². The second-order valence-corrected chi connectivity index (χ2v) is 7.97. The van der Waals surface area contributed by atoms with E-state index in [0.29, 0.717) is 6.07 Å². The van der Waals surface area contributed by atoms with Crippen LogP contribution in [0.2, 0.25) is 5.15 Å². The molecule has 158 valence electrons. The van der Waals surface area contributed by atoms with Crippen molar-refractivity contribution in [3.05, 3.63) is 49.6 Å². The number of halogens is 7. The van der Waals surface area contributed by atoms with Gasteiger partial charge in [-0.05, 0) is 6.42 Å². The Morgan fingerprint density at radius 1 is 1.23 bits per heavy atom. The van der Waals surface area contributed by atoms with Crippen molar-refractivity contribution in [2.24, 2.45) is 5.92 Å². The van der Waals surface area contributed by atoms with Crippen LogP contribution in [-0.4, -0.2) is 19.2 Å². The number of nitrogens with zero attached hydrogens (tertiary/aromatic N) is 5. The quantitative estimate of drug-likeness (QED) is 0.538. The summed E-state index contributed by atoms with van der Waals surface area (Å²) in [5, 5.41) is 11.9. The molecule has 1 aliphatic rings. The average Bonchev–Trinajstić information content (AvgIpc) is 3.14. The van der Waals surface area contributed by atoms with Crippen LogP contribution in [0.1, 0.15) is 34.3 Å². The lowest BCUT2D eigenvalue weighted by molar-refractivity contribution is -0.141. The van der Waals surface area contributed by atoms with Gasteiger partial charge in [-0.2, -0.15) is 36.7 Å². The lowest BCUT2D eigenvalue weighted by Gasteiger charge is -2.07. The fraction of sp³-hybridized carbons (Fsp3) is 0.375. The van der Waals surface area contributed by atoms with E-state index < -0.39 is 46.9 Å². The smallest absolute Gasteiger partial charge is 0.269 e. The average molecular weight is 468 g/mol. The van der Waals surface area contributed by atoms with Gasteiger partial charge in [0.2, 0.25) is 0 Å². The Labute approximate surface area is 171 Å². The number of fused-ring (bicyclic) bond motifs is 1. The third-order valence-electron chi connectivity index (χ3n) is 4.51. The van der Waals surface area contributed by atoms with Crippen LogP contribution in [0, 0.1) is 17.2 Å². The van der Waals surface area contributed by atoms with Crippen molar-refractivity contribution in [2.75, 3.05) is 0 Å². The predicted molar refractivity (Wildman–Crippen MR) is 92.1 cm³/mol. The molecule has 6 nitrogen and oxygen atoms in total. The molecular weight excluding hydrogens is 460 g/mol. The maximum Gasteiger partial charge on any atom is 0.435 e. The van der Waals surface area contributed by atoms with Crippen molar-refractivity contribution in [3.63, 3.8) is 0 Å². The van der Waals surface area contributed by atoms with Crippen LogP contribution in [0.4, 0.5) is 26.3 Å². The SMILES string of the molecule is N#C[C@@H]1C[C@@H]1c1c(C(F)(F)F)sc2nc(Cn3nc(C(F)(F)F)cc3Cl)cc(=O)n12. The fourth-order valence-corrected chi connectivity index (χ4v) is 4.39. The maximum atomic E-state index is 13.5. The van der Waals surface area contributed by atoms with E-state index in [9.17, 15) is 31.1 Å². The normalized spacial score (nSPS) is 19.3. The van der Waals surface area contributed by atoms with Crippen molar-refractivity contribution in [1.82, 2.24) is 19.2 Å². The Balaban J connectivity index is 1.80. The molecule has 1 fully saturated rings. The first kappa shape index (κ1) is 20.7. The van der Waals surface area contributed by atoms with Gasteiger partial charge in [0.1, 0.15) is 10.0 Å². The molecule has 0 radical (unpaired) electrons. The molecule has 0 aliphatic heterocycles. The van der Waals surface area contributed by atoms with E-state index in [2.05, 4.69) is 10.1 Å². The molecule has 3 aromatic heterocycles. The van der Waals surface area contributed by atoms with Crippen LogP contribution < -0.4 is 5.56 Å². The van der Waals surface area contributed by atoms with Gasteiger partial charge in [-0.25, -0.2) is 9.67 Å². The van der Waals surface area contributed by atoms with Crippen molar-refractivity contribution in [2.45, 2.75) is 31.2 Å². The zero-order valence-corrected chi connectivity index (χ0v) is 16.0. The first-order chi connectivity index (χ1) is 13.9. The minimum absolute atomic E-state index is 0.104. The molecule has 0 bridgehead atoms. The van der Waals surface area contributed by atoms with Crippen LogP contribution in [0.25, 0.3) is 4.96 Å². The monoisotopic (exact) mass is 467 g/mol. The summed E-state index contributed by atoms with van der Waals surface area (Å²) < 4.78 is 80.3. The van der Waals surface area contributed by atoms with Gasteiger partial charge in [0, 0.05) is 18.1 Å². The van der Waals surface area contributed by atoms with Crippen LogP contribution in [-0.2, 0) is 18.9 Å². The molecule has 1 saturated carbocycles. The Kier molecular flexibility index (Phi) is 4.62. The van der Waals surface area contributed by atoms with E-state index in [1.54, 1.807) is 0 Å². The molecular formula is C16H8ClF6N5OS. The number of alkyl halides is 6. The summed E-state index contributed by atoms with van der Waals surface area (Å²) in [6.07, 6.45) is -9.30. The molecule has 0 amide bonds. The third-order valence-corrected chi connectivity index (χ3v) is 5.91. The van der Waals surface area contributed by atoms with E-state index in [1.807, 2.05) is 6.07 Å². The van der Waals surface area contributed by atoms with Crippen LogP contribution in [0.15, 0.2) is 16.9 Å². The first-order valence-corrected chi connectivity index (χ1v) is 9.42. The summed E-state index contributed by atoms with van der Waals surface area (Å²) in [6.45, 7) is -0.445. The van der Waals surface area contributed by atoms with Gasteiger partial charge in [0.05, 0.1) is 29.9 Å². The predicted octanol–water partition coefficient (Wildman–Crippen LogP) is 4.32. The summed E-state index contributed by atoms with van der Waals surface area (Å²) in [5.41, 5.74) is -2.50. The summed E-state index contributed by atoms with van der Waals surface area (Å²) >= 11 is 5.98. The van der Waals surface area contributed by atoms with Gasteiger partial charge in [-0.3, -0.25) is 9.20 Å². The molecule has 0 N–H and O–H groups in total. The van der Waals surface area contributed by atoms with Gasteiger partial charge >= 0.3 is 12.4 Å². The van der Waals surface area contributed by atoms with Gasteiger partial charge in [-0.1, -0.05) is 22.9 Å². The summed E-state index contributed by atoms with van der Waals surface area (Å²) in [7, 11) is 0. The molecule has 14 heteroatoms. The van der Waals surface area contributed by atoms with E-state index >= 15 is 0 Å². The maximum absolute atomic E-state index is 13.5. The number of hydrogen-bond acceptors (Lipinski definition) is 5. The lowest BCUT2D eigenvalue weighted by Crippen LogP contribution is -2.19. The van der Waals surface area contributed by atoms with Crippen LogP contribution in [0.3, 0.4) is 0 Å². The Bertz CT molecular complexity index is 1250. The van der Waals surface area contributed by atoms with Crippen molar-refractivity contribution < 1.29 is 26.3 Å². The number of thiazole rings is 1. The molecule has 30 heavy (non-hydrogen) atoms. The van der Waals surface area contributed by atoms with Gasteiger partial charge in [0.15, 0.2) is 10.7 Å². The minimum atomic E-state index is -4.75. The van der Waals surface area contributed by atoms with Crippen molar-refractivity contribution >= 4 is 27.9 Å². The molecule has 2 atom stereocenters. The molecule has 0 aromatic carbocycles. The fourth-order valence-electron chi connectivity index (χ4n) is 3.10. The molecule has 4 rings (SSSR count). The number of nitriles is 1. The highest BCUT2D eigenvalue weighted by Crippen LogP contribution is 2.52. The molecule has 1 aliphatic carbocycles. The lowest BCUT2D eigenvalue weighted by atomic mass is 10.2. The Hall–Kier alpha value is -2.59. The first-order valence-electron chi connectivity index (χ1n) is 8.23. The van der Waals surface area contributed by atoms with Gasteiger partial charge in [-0.15, -0.1) is 0 Å². The largest absolute Gasteiger partial charge is 0.435 e. The van der Waals surface area contributed by atoms with E-state index in [0.717, 1.165) is 15.1 Å². The molecule has 0 saturated heterocycles. The van der Waals surface area contributed by atoms with Gasteiger partial charge < -0.3 is 0 Å². The highest BCUT2D eigenvalue weighted by atomic mass is 35.5. The van der Waals surface area contributed by atoms with Crippen LogP contribution >= 0.6 is 22.9 Å². The summed E-state index contributed by atoms with van der Waals surface area (Å²) in [5.74, 6) is -1.36. The highest BCUT2D eigenvalue weighted by molar-refractivity contribution is 7.17. The second-order valence-electron chi connectivity index (χ2n) is 6.60. The highest BCUT2D eigenvalue weighted by Gasteiger charge is 2.48. The van der Waals surface area contributed by atoms with Gasteiger partial charge in [0.25, 0.3) is 5.56 Å². The summed E-state index contributed by atoms with van der Waals surface area (Å²) in [4.78, 5) is 15.3. The molecule has 0 unspecified atom stereocenters. The summed E-state index contributed by atoms with van der Waals surface area (Å²) in [6, 6.07) is 3.39. The van der Waals surface area contributed by atoms with Crippen LogP contribution in [0.5, 0.6) is 0 Å². The van der Waals surface area contributed by atoms with Crippen molar-refractivity contribution in [1.29, 1.82) is 5.26 Å². The topological polar surface area (TPSA) is 76.0 Å². The minimum Gasteiger partial charge on any atom is -0.269 e. The standard InChI is InChI=1S/C16H8ClF6N5OS/c17-10-3-9(15(18,19)20)26-27(10)5-7-2-11(29)28-12(8-1-6(8)4-24)13(16(21,22)23)30-14(28)25-7/h2-3,6,8H,1,5H2/t6-,8-/m0/s1. The third kappa shape index (κ3) is 3.54. The Morgan fingerprint density at radius 3 is 2.47 bits per heavy atom. The second kappa shape index (κ2) is 6.71. The Morgan fingerprint density at radius 2 is 1.93 bits per heavy atom. The number of rotatable bonds is 3. The number of aromatic nitrogens is 4.